The van der Waals surface area contributed by atoms with Crippen LogP contribution in [0.15, 0.2) is 36.4 Å². The number of aryl methyl sites for hydroxylation is 1. The number of hydrogen-bond acceptors (Lipinski definition) is 2. The number of rotatable bonds is 1. The van der Waals surface area contributed by atoms with Crippen LogP contribution in [0.1, 0.15) is 0 Å². The lowest BCUT2D eigenvalue weighted by Gasteiger charge is -2.05. The maximum absolute atomic E-state index is 6.24. The fourth-order valence-electron chi connectivity index (χ4n) is 2.12. The Bertz CT molecular complexity index is 778. The molecule has 0 bridgehead atoms. The van der Waals surface area contributed by atoms with Gasteiger partial charge in [-0.25, -0.2) is 4.98 Å². The molecule has 0 spiro atoms. The summed E-state index contributed by atoms with van der Waals surface area (Å²) in [6.07, 6.45) is 0. The van der Waals surface area contributed by atoms with E-state index in [-0.39, 0.29) is 0 Å². The fraction of sp³-hybridized carbons (Fsp3) is 0.0714. The van der Waals surface area contributed by atoms with Crippen LogP contribution in [-0.4, -0.2) is 9.55 Å². The first-order chi connectivity index (χ1) is 9.06. The number of imidazole rings is 1. The van der Waals surface area contributed by atoms with Crippen LogP contribution >= 0.6 is 23.2 Å². The monoisotopic (exact) mass is 291 g/mol. The summed E-state index contributed by atoms with van der Waals surface area (Å²) in [5.74, 6) is 0.794. The van der Waals surface area contributed by atoms with E-state index in [1.54, 1.807) is 6.07 Å². The van der Waals surface area contributed by atoms with Gasteiger partial charge in [-0.1, -0.05) is 23.2 Å². The van der Waals surface area contributed by atoms with E-state index in [4.69, 9.17) is 28.9 Å². The van der Waals surface area contributed by atoms with Gasteiger partial charge in [0.15, 0.2) is 0 Å². The van der Waals surface area contributed by atoms with E-state index in [0.717, 1.165) is 22.4 Å². The zero-order valence-corrected chi connectivity index (χ0v) is 11.7. The standard InChI is InChI=1S/C14H11Cl2N3/c1-19-13-6-8(15)2-5-12(13)18-14(19)10-4-3-9(17)7-11(10)16/h2-7H,17H2,1H3. The molecule has 0 saturated heterocycles. The number of nitrogens with zero attached hydrogens (tertiary/aromatic N) is 2. The van der Waals surface area contributed by atoms with Gasteiger partial charge in [-0.15, -0.1) is 0 Å². The van der Waals surface area contributed by atoms with Gasteiger partial charge >= 0.3 is 0 Å². The van der Waals surface area contributed by atoms with Crippen molar-refractivity contribution in [2.75, 3.05) is 5.73 Å². The zero-order valence-electron chi connectivity index (χ0n) is 10.2. The highest BCUT2D eigenvalue weighted by Crippen LogP contribution is 2.31. The fourth-order valence-corrected chi connectivity index (χ4v) is 2.56. The minimum absolute atomic E-state index is 0.588. The highest BCUT2D eigenvalue weighted by atomic mass is 35.5. The van der Waals surface area contributed by atoms with Crippen molar-refractivity contribution in [2.45, 2.75) is 0 Å². The molecule has 3 nitrogen and oxygen atoms in total. The molecule has 0 aliphatic rings. The first kappa shape index (κ1) is 12.3. The Kier molecular flexibility index (Phi) is 2.88. The number of halogens is 2. The van der Waals surface area contributed by atoms with E-state index in [0.29, 0.717) is 15.7 Å². The van der Waals surface area contributed by atoms with Gasteiger partial charge in [0.25, 0.3) is 0 Å². The van der Waals surface area contributed by atoms with E-state index in [1.807, 2.05) is 41.9 Å². The van der Waals surface area contributed by atoms with E-state index >= 15 is 0 Å². The molecule has 2 aromatic carbocycles. The van der Waals surface area contributed by atoms with Gasteiger partial charge in [-0.2, -0.15) is 0 Å². The van der Waals surface area contributed by atoms with Crippen LogP contribution in [-0.2, 0) is 7.05 Å². The van der Waals surface area contributed by atoms with Crippen molar-refractivity contribution in [3.8, 4) is 11.4 Å². The molecule has 0 aliphatic carbocycles. The van der Waals surface area contributed by atoms with E-state index in [2.05, 4.69) is 4.98 Å². The third-order valence-electron chi connectivity index (χ3n) is 3.08. The Hall–Kier alpha value is -1.71. The summed E-state index contributed by atoms with van der Waals surface area (Å²) >= 11 is 12.2. The summed E-state index contributed by atoms with van der Waals surface area (Å²) in [7, 11) is 1.94. The quantitative estimate of drug-likeness (QED) is 0.685. The SMILES string of the molecule is Cn1c(-c2ccc(N)cc2Cl)nc2ccc(Cl)cc21. The van der Waals surface area contributed by atoms with E-state index in [1.165, 1.54) is 0 Å². The molecule has 1 heterocycles. The number of nitrogens with two attached hydrogens (primary N) is 1. The summed E-state index contributed by atoms with van der Waals surface area (Å²) in [5.41, 5.74) is 9.05. The average molecular weight is 292 g/mol. The van der Waals surface area contributed by atoms with Crippen LogP contribution in [0.25, 0.3) is 22.4 Å². The molecule has 0 radical (unpaired) electrons. The minimum Gasteiger partial charge on any atom is -0.399 e. The van der Waals surface area contributed by atoms with Gasteiger partial charge in [0.2, 0.25) is 0 Å². The molecule has 2 N–H and O–H groups in total. The number of benzene rings is 2. The summed E-state index contributed by atoms with van der Waals surface area (Å²) < 4.78 is 1.97. The second-order valence-corrected chi connectivity index (χ2v) is 5.21. The molecule has 96 valence electrons. The number of nitrogen functional groups attached to an aromatic ring is 1. The minimum atomic E-state index is 0.588. The van der Waals surface area contributed by atoms with Gasteiger partial charge in [-0.3, -0.25) is 0 Å². The summed E-state index contributed by atoms with van der Waals surface area (Å²) in [4.78, 5) is 4.59. The highest BCUT2D eigenvalue weighted by molar-refractivity contribution is 6.33. The van der Waals surface area contributed by atoms with Crippen molar-refractivity contribution in [3.63, 3.8) is 0 Å². The van der Waals surface area contributed by atoms with Crippen molar-refractivity contribution in [1.82, 2.24) is 9.55 Å². The Morgan fingerprint density at radius 2 is 1.89 bits per heavy atom. The van der Waals surface area contributed by atoms with Crippen LogP contribution in [0.3, 0.4) is 0 Å². The Labute approximate surface area is 120 Å². The molecule has 1 aromatic heterocycles. The normalized spacial score (nSPS) is 11.1. The van der Waals surface area contributed by atoms with Crippen LogP contribution in [0, 0.1) is 0 Å². The highest BCUT2D eigenvalue weighted by Gasteiger charge is 2.13. The number of hydrogen-bond donors (Lipinski definition) is 1. The van der Waals surface area contributed by atoms with Crippen molar-refractivity contribution in [1.29, 1.82) is 0 Å². The lowest BCUT2D eigenvalue weighted by Crippen LogP contribution is -1.94. The van der Waals surface area contributed by atoms with Crippen molar-refractivity contribution in [2.24, 2.45) is 7.05 Å². The van der Waals surface area contributed by atoms with Crippen LogP contribution in [0.2, 0.25) is 10.0 Å². The first-order valence-electron chi connectivity index (χ1n) is 5.73. The molecular formula is C14H11Cl2N3. The van der Waals surface area contributed by atoms with Crippen LogP contribution < -0.4 is 5.73 Å². The third-order valence-corrected chi connectivity index (χ3v) is 3.62. The molecule has 0 unspecified atom stereocenters. The van der Waals surface area contributed by atoms with Gasteiger partial charge in [0.05, 0.1) is 16.1 Å². The smallest absolute Gasteiger partial charge is 0.142 e. The number of fused-ring (bicyclic) bond motifs is 1. The van der Waals surface area contributed by atoms with E-state index < -0.39 is 0 Å². The van der Waals surface area contributed by atoms with Gasteiger partial charge in [0, 0.05) is 23.3 Å². The molecule has 0 atom stereocenters. The van der Waals surface area contributed by atoms with Gasteiger partial charge < -0.3 is 10.3 Å². The topological polar surface area (TPSA) is 43.8 Å². The molecule has 0 saturated carbocycles. The van der Waals surface area contributed by atoms with Crippen molar-refractivity contribution in [3.05, 3.63) is 46.4 Å². The first-order valence-corrected chi connectivity index (χ1v) is 6.49. The third kappa shape index (κ3) is 2.05. The lowest BCUT2D eigenvalue weighted by atomic mass is 10.2. The molecule has 3 aromatic rings. The number of anilines is 1. The zero-order chi connectivity index (χ0) is 13.6. The van der Waals surface area contributed by atoms with E-state index in [9.17, 15) is 0 Å². The average Bonchev–Trinajstić information content (AvgIpc) is 2.67. The molecule has 0 aliphatic heterocycles. The molecule has 3 rings (SSSR count). The number of aromatic nitrogens is 2. The van der Waals surface area contributed by atoms with Crippen LogP contribution in [0.5, 0.6) is 0 Å². The maximum atomic E-state index is 6.24. The van der Waals surface area contributed by atoms with Crippen molar-refractivity contribution >= 4 is 39.9 Å². The molecule has 0 fully saturated rings. The predicted octanol–water partition coefficient (Wildman–Crippen LogP) is 4.13. The Morgan fingerprint density at radius 1 is 1.11 bits per heavy atom. The summed E-state index contributed by atoms with van der Waals surface area (Å²) in [6.45, 7) is 0. The second kappa shape index (κ2) is 4.44. The molecular weight excluding hydrogens is 281 g/mol. The largest absolute Gasteiger partial charge is 0.399 e. The Balaban J connectivity index is 2.28. The summed E-state index contributed by atoms with van der Waals surface area (Å²) in [5, 5.41) is 1.27. The van der Waals surface area contributed by atoms with Crippen LogP contribution in [0.4, 0.5) is 5.69 Å². The van der Waals surface area contributed by atoms with Crippen molar-refractivity contribution < 1.29 is 0 Å². The predicted molar refractivity (Wildman–Crippen MR) is 80.6 cm³/mol. The van der Waals surface area contributed by atoms with Gasteiger partial charge in [0.1, 0.15) is 5.82 Å². The lowest BCUT2D eigenvalue weighted by molar-refractivity contribution is 0.959. The van der Waals surface area contributed by atoms with Gasteiger partial charge in [-0.05, 0) is 36.4 Å². The molecule has 19 heavy (non-hydrogen) atoms. The summed E-state index contributed by atoms with van der Waals surface area (Å²) in [6, 6.07) is 11.0. The Morgan fingerprint density at radius 3 is 2.63 bits per heavy atom. The molecule has 0 amide bonds. The molecule has 5 heteroatoms. The second-order valence-electron chi connectivity index (χ2n) is 4.37. The maximum Gasteiger partial charge on any atom is 0.142 e.